The van der Waals surface area contributed by atoms with Gasteiger partial charge in [0, 0.05) is 32.1 Å². The van der Waals surface area contributed by atoms with Crippen molar-refractivity contribution in [2.24, 2.45) is 0 Å². The molecule has 9 heteroatoms. The summed E-state index contributed by atoms with van der Waals surface area (Å²) in [6.07, 6.45) is 0. The Morgan fingerprint density at radius 2 is 1.80 bits per heavy atom. The number of aromatic nitrogens is 1. The smallest absolute Gasteiger partial charge is 0.255 e. The summed E-state index contributed by atoms with van der Waals surface area (Å²) in [7, 11) is 1.58. The van der Waals surface area contributed by atoms with Crippen molar-refractivity contribution in [3.05, 3.63) is 88.8 Å². The van der Waals surface area contributed by atoms with Crippen molar-refractivity contribution >= 4 is 57.3 Å². The lowest BCUT2D eigenvalue weighted by atomic mass is 10.2. The number of carbonyl (C=O) groups excluding carboxylic acids is 2. The topological polar surface area (TPSA) is 80.3 Å². The molecule has 2 amide bonds. The van der Waals surface area contributed by atoms with E-state index in [1.807, 2.05) is 54.8 Å². The molecule has 0 aliphatic carbocycles. The third-order valence-electron chi connectivity index (χ3n) is 5.01. The fourth-order valence-electron chi connectivity index (χ4n) is 3.18. The zero-order chi connectivity index (χ0) is 24.8. The van der Waals surface area contributed by atoms with Gasteiger partial charge in [0.2, 0.25) is 5.91 Å². The van der Waals surface area contributed by atoms with Crippen LogP contribution in [0.5, 0.6) is 5.75 Å². The van der Waals surface area contributed by atoms with Crippen LogP contribution in [0.15, 0.2) is 83.1 Å². The number of nitrogens with zero attached hydrogens (tertiary/aromatic N) is 1. The molecule has 0 fully saturated rings. The molecule has 35 heavy (non-hydrogen) atoms. The molecular weight excluding hydrogens is 502 g/mol. The summed E-state index contributed by atoms with van der Waals surface area (Å²) in [4.78, 5) is 30.7. The molecule has 178 valence electrons. The lowest BCUT2D eigenvalue weighted by molar-refractivity contribution is -0.115. The van der Waals surface area contributed by atoms with E-state index in [2.05, 4.69) is 15.6 Å². The van der Waals surface area contributed by atoms with Crippen LogP contribution in [-0.4, -0.2) is 29.2 Å². The van der Waals surface area contributed by atoms with Gasteiger partial charge in [0.1, 0.15) is 5.75 Å². The molecule has 0 radical (unpaired) electrons. The Hall–Kier alpha value is -3.33. The number of carbonyl (C=O) groups is 2. The van der Waals surface area contributed by atoms with E-state index in [9.17, 15) is 9.59 Å². The molecule has 1 heterocycles. The van der Waals surface area contributed by atoms with E-state index in [-0.39, 0.29) is 17.1 Å². The first-order valence-corrected chi connectivity index (χ1v) is 12.8. The van der Waals surface area contributed by atoms with Gasteiger partial charge in [-0.15, -0.1) is 23.1 Å². The van der Waals surface area contributed by atoms with Crippen molar-refractivity contribution in [1.82, 2.24) is 4.98 Å². The summed E-state index contributed by atoms with van der Waals surface area (Å²) in [6.45, 7) is 1.82. The highest BCUT2D eigenvalue weighted by Crippen LogP contribution is 2.31. The van der Waals surface area contributed by atoms with E-state index < -0.39 is 0 Å². The summed E-state index contributed by atoms with van der Waals surface area (Å²) >= 11 is 8.99. The van der Waals surface area contributed by atoms with Crippen LogP contribution >= 0.6 is 34.7 Å². The number of ether oxygens (including phenoxy) is 1. The Morgan fingerprint density at radius 1 is 1.03 bits per heavy atom. The predicted molar refractivity (Wildman–Crippen MR) is 144 cm³/mol. The molecule has 0 saturated heterocycles. The maximum Gasteiger partial charge on any atom is 0.255 e. The van der Waals surface area contributed by atoms with Gasteiger partial charge >= 0.3 is 0 Å². The van der Waals surface area contributed by atoms with Crippen LogP contribution < -0.4 is 15.4 Å². The average Bonchev–Trinajstić information content (AvgIpc) is 3.32. The first-order chi connectivity index (χ1) is 16.9. The number of hydrogen-bond donors (Lipinski definition) is 2. The molecule has 2 N–H and O–H groups in total. The number of hydrogen-bond acceptors (Lipinski definition) is 6. The van der Waals surface area contributed by atoms with Crippen LogP contribution in [0.3, 0.4) is 0 Å². The van der Waals surface area contributed by atoms with E-state index in [1.54, 1.807) is 37.4 Å². The molecular formula is C26H22ClN3O3S2. The van der Waals surface area contributed by atoms with Gasteiger partial charge in [0.25, 0.3) is 5.91 Å². The van der Waals surface area contributed by atoms with Gasteiger partial charge in [-0.1, -0.05) is 35.9 Å². The van der Waals surface area contributed by atoms with Gasteiger partial charge in [-0.25, -0.2) is 4.98 Å². The van der Waals surface area contributed by atoms with Crippen LogP contribution in [0, 0.1) is 0 Å². The monoisotopic (exact) mass is 523 g/mol. The number of benzene rings is 3. The largest absolute Gasteiger partial charge is 0.497 e. The Morgan fingerprint density at radius 3 is 2.54 bits per heavy atom. The summed E-state index contributed by atoms with van der Waals surface area (Å²) in [5.74, 6) is 0.298. The molecule has 0 bridgehead atoms. The maximum atomic E-state index is 12.8. The predicted octanol–water partition coefficient (Wildman–Crippen LogP) is 6.84. The van der Waals surface area contributed by atoms with Crippen molar-refractivity contribution in [1.29, 1.82) is 0 Å². The van der Waals surface area contributed by atoms with E-state index in [4.69, 9.17) is 16.3 Å². The maximum absolute atomic E-state index is 12.8. The second-order valence-electron chi connectivity index (χ2n) is 7.48. The first-order valence-electron chi connectivity index (χ1n) is 10.7. The summed E-state index contributed by atoms with van der Waals surface area (Å²) < 4.78 is 5.13. The number of methoxy groups -OCH3 is 1. The lowest BCUT2D eigenvalue weighted by Crippen LogP contribution is -2.22. The highest BCUT2D eigenvalue weighted by Gasteiger charge is 2.17. The van der Waals surface area contributed by atoms with Gasteiger partial charge in [0.15, 0.2) is 5.13 Å². The second kappa shape index (κ2) is 11.4. The van der Waals surface area contributed by atoms with E-state index in [0.717, 1.165) is 16.2 Å². The fourth-order valence-corrected chi connectivity index (χ4v) is 5.05. The highest BCUT2D eigenvalue weighted by atomic mass is 35.5. The molecule has 1 atom stereocenters. The lowest BCUT2D eigenvalue weighted by Gasteiger charge is -2.12. The van der Waals surface area contributed by atoms with Crippen LogP contribution in [0.1, 0.15) is 17.3 Å². The number of thioether (sulfide) groups is 1. The number of thiazole rings is 1. The zero-order valence-corrected chi connectivity index (χ0v) is 21.3. The standard InChI is InChI=1S/C26H22ClN3O3S2/c1-16(24(31)30-26-29-23(15-34-26)21-8-3-4-9-22(21)27)35-20-7-5-6-18(14-20)28-25(32)17-10-12-19(33-2)13-11-17/h3-16H,1-2H3,(H,28,32)(H,29,30,31). The molecule has 0 saturated carbocycles. The Labute approximate surface area is 216 Å². The number of nitrogens with one attached hydrogen (secondary N) is 2. The molecule has 1 unspecified atom stereocenters. The fraction of sp³-hybridized carbons (Fsp3) is 0.115. The van der Waals surface area contributed by atoms with Crippen LogP contribution in [-0.2, 0) is 4.79 Å². The zero-order valence-electron chi connectivity index (χ0n) is 18.9. The van der Waals surface area contributed by atoms with Crippen LogP contribution in [0.2, 0.25) is 5.02 Å². The molecule has 1 aromatic heterocycles. The minimum atomic E-state index is -0.379. The number of halogens is 1. The quantitative estimate of drug-likeness (QED) is 0.247. The molecule has 3 aromatic carbocycles. The number of amides is 2. The Balaban J connectivity index is 1.36. The third-order valence-corrected chi connectivity index (χ3v) is 7.19. The summed E-state index contributed by atoms with van der Waals surface area (Å²) in [5.41, 5.74) is 2.71. The molecule has 0 aliphatic rings. The van der Waals surface area contributed by atoms with Crippen molar-refractivity contribution in [3.8, 4) is 17.0 Å². The van der Waals surface area contributed by atoms with Crippen LogP contribution in [0.4, 0.5) is 10.8 Å². The summed E-state index contributed by atoms with van der Waals surface area (Å²) in [6, 6.07) is 21.7. The van der Waals surface area contributed by atoms with E-state index in [1.165, 1.54) is 23.1 Å². The SMILES string of the molecule is COc1ccc(C(=O)Nc2cccc(SC(C)C(=O)Nc3nc(-c4ccccc4Cl)cs3)c2)cc1. The van der Waals surface area contributed by atoms with E-state index >= 15 is 0 Å². The van der Waals surface area contributed by atoms with Crippen molar-refractivity contribution < 1.29 is 14.3 Å². The molecule has 0 aliphatic heterocycles. The second-order valence-corrected chi connectivity index (χ2v) is 10.2. The Bertz CT molecular complexity index is 1340. The molecule has 0 spiro atoms. The summed E-state index contributed by atoms with van der Waals surface area (Å²) in [5, 5.41) is 8.37. The Kier molecular flexibility index (Phi) is 8.07. The molecule has 4 aromatic rings. The van der Waals surface area contributed by atoms with Gasteiger partial charge < -0.3 is 15.4 Å². The van der Waals surface area contributed by atoms with Gasteiger partial charge in [0.05, 0.1) is 18.1 Å². The van der Waals surface area contributed by atoms with Gasteiger partial charge in [-0.2, -0.15) is 0 Å². The molecule has 4 rings (SSSR count). The minimum absolute atomic E-state index is 0.164. The first kappa shape index (κ1) is 24.8. The number of rotatable bonds is 8. The third kappa shape index (κ3) is 6.42. The van der Waals surface area contributed by atoms with Crippen molar-refractivity contribution in [2.45, 2.75) is 17.1 Å². The highest BCUT2D eigenvalue weighted by molar-refractivity contribution is 8.00. The normalized spacial score (nSPS) is 11.5. The van der Waals surface area contributed by atoms with Gasteiger partial charge in [-0.05, 0) is 55.5 Å². The van der Waals surface area contributed by atoms with E-state index in [0.29, 0.717) is 27.2 Å². The van der Waals surface area contributed by atoms with Crippen LogP contribution in [0.25, 0.3) is 11.3 Å². The average molecular weight is 524 g/mol. The van der Waals surface area contributed by atoms with Gasteiger partial charge in [-0.3, -0.25) is 9.59 Å². The number of anilines is 2. The minimum Gasteiger partial charge on any atom is -0.497 e. The van der Waals surface area contributed by atoms with Crippen molar-refractivity contribution in [3.63, 3.8) is 0 Å². The van der Waals surface area contributed by atoms with Crippen molar-refractivity contribution in [2.75, 3.05) is 17.7 Å². The molecule has 6 nitrogen and oxygen atoms in total.